The van der Waals surface area contributed by atoms with Crippen molar-refractivity contribution in [3.05, 3.63) is 42.5 Å². The summed E-state index contributed by atoms with van der Waals surface area (Å²) in [6.45, 7) is 9.94. The second-order valence-corrected chi connectivity index (χ2v) is 7.38. The van der Waals surface area contributed by atoms with Crippen LogP contribution < -0.4 is 4.74 Å². The molecule has 1 aromatic carbocycles. The Morgan fingerprint density at radius 3 is 2.80 bits per heavy atom. The third-order valence-electron chi connectivity index (χ3n) is 4.94. The molecule has 1 aromatic rings. The van der Waals surface area contributed by atoms with Crippen molar-refractivity contribution in [3.8, 4) is 5.75 Å². The zero-order valence-electron chi connectivity index (χ0n) is 16.3. The number of likely N-dealkylation sites (tertiary alicyclic amines) is 1. The Balaban J connectivity index is 1.87. The lowest BCUT2D eigenvalue weighted by Gasteiger charge is -2.38. The van der Waals surface area contributed by atoms with E-state index >= 15 is 0 Å². The van der Waals surface area contributed by atoms with Crippen LogP contribution in [0, 0.1) is 0 Å². The van der Waals surface area contributed by atoms with Gasteiger partial charge in [-0.15, -0.1) is 0 Å². The average molecular weight is 346 g/mol. The molecule has 0 aliphatic carbocycles. The predicted molar refractivity (Wildman–Crippen MR) is 106 cm³/mol. The van der Waals surface area contributed by atoms with Gasteiger partial charge in [0.1, 0.15) is 12.4 Å². The smallest absolute Gasteiger partial charge is 0.124 e. The van der Waals surface area contributed by atoms with E-state index in [1.54, 1.807) is 6.08 Å². The van der Waals surface area contributed by atoms with E-state index in [9.17, 15) is 0 Å². The average Bonchev–Trinajstić information content (AvgIpc) is 2.61. The van der Waals surface area contributed by atoms with E-state index in [0.29, 0.717) is 12.6 Å². The summed E-state index contributed by atoms with van der Waals surface area (Å²) < 4.78 is 5.82. The molecule has 1 fully saturated rings. The summed E-state index contributed by atoms with van der Waals surface area (Å²) in [4.78, 5) is 7.39. The van der Waals surface area contributed by atoms with Crippen molar-refractivity contribution in [3.63, 3.8) is 0 Å². The molecule has 1 aliphatic rings. The molecule has 4 heteroatoms. The van der Waals surface area contributed by atoms with Crippen molar-refractivity contribution in [2.24, 2.45) is 0 Å². The van der Waals surface area contributed by atoms with Crippen molar-refractivity contribution in [2.45, 2.75) is 31.8 Å². The van der Waals surface area contributed by atoms with Gasteiger partial charge in [-0.05, 0) is 66.1 Å². The second kappa shape index (κ2) is 10.6. The van der Waals surface area contributed by atoms with Crippen LogP contribution in [0.1, 0.15) is 24.8 Å². The molecule has 140 valence electrons. The number of nitrogens with zero attached hydrogens (tertiary/aromatic N) is 3. The van der Waals surface area contributed by atoms with E-state index in [1.807, 2.05) is 6.07 Å². The molecule has 0 radical (unpaired) electrons. The molecule has 0 unspecified atom stereocenters. The molecule has 2 rings (SSSR count). The fourth-order valence-electron chi connectivity index (χ4n) is 3.52. The molecule has 1 heterocycles. The first-order valence-electron chi connectivity index (χ1n) is 9.49. The molecule has 4 nitrogen and oxygen atoms in total. The quantitative estimate of drug-likeness (QED) is 0.607. The Bertz CT molecular complexity index is 518. The van der Waals surface area contributed by atoms with Crippen LogP contribution in [0.3, 0.4) is 0 Å². The van der Waals surface area contributed by atoms with Gasteiger partial charge in [-0.1, -0.05) is 30.9 Å². The number of para-hydroxylation sites is 1. The maximum absolute atomic E-state index is 5.82. The second-order valence-electron chi connectivity index (χ2n) is 7.38. The molecule has 0 spiro atoms. The van der Waals surface area contributed by atoms with Crippen molar-refractivity contribution in [1.82, 2.24) is 14.7 Å². The molecule has 1 saturated heterocycles. The molecule has 0 N–H and O–H groups in total. The number of hydrogen-bond acceptors (Lipinski definition) is 4. The minimum absolute atomic E-state index is 0.564. The normalized spacial score (nSPS) is 18.7. The van der Waals surface area contributed by atoms with Crippen LogP contribution in [0.5, 0.6) is 5.75 Å². The summed E-state index contributed by atoms with van der Waals surface area (Å²) in [6, 6.07) is 9.05. The van der Waals surface area contributed by atoms with E-state index in [0.717, 1.165) is 25.4 Å². The molecule has 0 bridgehead atoms. The van der Waals surface area contributed by atoms with E-state index in [4.69, 9.17) is 4.74 Å². The molecule has 1 aliphatic heterocycles. The highest BCUT2D eigenvalue weighted by molar-refractivity contribution is 5.33. The highest BCUT2D eigenvalue weighted by atomic mass is 16.5. The summed E-state index contributed by atoms with van der Waals surface area (Å²) in [7, 11) is 6.58. The Morgan fingerprint density at radius 2 is 2.04 bits per heavy atom. The van der Waals surface area contributed by atoms with Gasteiger partial charge in [0, 0.05) is 24.7 Å². The monoisotopic (exact) mass is 345 g/mol. The van der Waals surface area contributed by atoms with Crippen LogP contribution in [-0.4, -0.2) is 74.7 Å². The first kappa shape index (κ1) is 20.0. The predicted octanol–water partition coefficient (Wildman–Crippen LogP) is 3.10. The largest absolute Gasteiger partial charge is 0.489 e. The Kier molecular flexibility index (Phi) is 8.45. The third-order valence-corrected chi connectivity index (χ3v) is 4.94. The Hall–Kier alpha value is -1.36. The van der Waals surface area contributed by atoms with Crippen LogP contribution in [0.25, 0.3) is 0 Å². The molecule has 1 atom stereocenters. The van der Waals surface area contributed by atoms with Gasteiger partial charge in [0.15, 0.2) is 0 Å². The van der Waals surface area contributed by atoms with Gasteiger partial charge in [-0.2, -0.15) is 0 Å². The first-order chi connectivity index (χ1) is 12.1. The minimum Gasteiger partial charge on any atom is -0.489 e. The highest BCUT2D eigenvalue weighted by Crippen LogP contribution is 2.23. The van der Waals surface area contributed by atoms with Crippen molar-refractivity contribution in [1.29, 1.82) is 0 Å². The van der Waals surface area contributed by atoms with Gasteiger partial charge in [-0.3, -0.25) is 4.90 Å². The maximum Gasteiger partial charge on any atom is 0.124 e. The fourth-order valence-corrected chi connectivity index (χ4v) is 3.52. The summed E-state index contributed by atoms with van der Waals surface area (Å²) >= 11 is 0. The number of piperidine rings is 1. The summed E-state index contributed by atoms with van der Waals surface area (Å²) in [6.07, 6.45) is 5.62. The van der Waals surface area contributed by atoms with E-state index in [2.05, 4.69) is 60.6 Å². The summed E-state index contributed by atoms with van der Waals surface area (Å²) in [5.74, 6) is 0.990. The fraction of sp³-hybridized carbons (Fsp3) is 0.619. The van der Waals surface area contributed by atoms with Gasteiger partial charge < -0.3 is 14.5 Å². The van der Waals surface area contributed by atoms with E-state index in [-0.39, 0.29) is 0 Å². The standard InChI is InChI=1S/C21H35N3O/c1-5-16-25-21-12-7-6-10-19(21)17-24-15-8-11-20(18-24)23(4)14-9-13-22(2)3/h5-7,10,12,20H,1,8-9,11,13-18H2,2-4H3/t20-/m0/s1. The molecular formula is C21H35N3O. The van der Waals surface area contributed by atoms with Crippen LogP contribution in [-0.2, 0) is 6.54 Å². The SMILES string of the molecule is C=CCOc1ccccc1CN1CCC[C@H](N(C)CCCN(C)C)C1. The minimum atomic E-state index is 0.564. The number of benzene rings is 1. The maximum atomic E-state index is 5.82. The van der Waals surface area contributed by atoms with Gasteiger partial charge >= 0.3 is 0 Å². The van der Waals surface area contributed by atoms with Gasteiger partial charge in [0.25, 0.3) is 0 Å². The van der Waals surface area contributed by atoms with Gasteiger partial charge in [-0.25, -0.2) is 0 Å². The Morgan fingerprint density at radius 1 is 1.24 bits per heavy atom. The zero-order chi connectivity index (χ0) is 18.1. The Labute approximate surface area is 154 Å². The summed E-state index contributed by atoms with van der Waals surface area (Å²) in [5, 5.41) is 0. The summed E-state index contributed by atoms with van der Waals surface area (Å²) in [5.41, 5.74) is 1.28. The van der Waals surface area contributed by atoms with Crippen molar-refractivity contribution in [2.75, 3.05) is 53.9 Å². The highest BCUT2D eigenvalue weighted by Gasteiger charge is 2.23. The number of ether oxygens (including phenoxy) is 1. The van der Waals surface area contributed by atoms with E-state index in [1.165, 1.54) is 37.9 Å². The third kappa shape index (κ3) is 6.81. The van der Waals surface area contributed by atoms with Crippen LogP contribution in [0.2, 0.25) is 0 Å². The number of rotatable bonds is 10. The molecule has 0 saturated carbocycles. The lowest BCUT2D eigenvalue weighted by atomic mass is 10.0. The molecule has 0 aromatic heterocycles. The number of hydrogen-bond donors (Lipinski definition) is 0. The van der Waals surface area contributed by atoms with Crippen molar-refractivity contribution >= 4 is 0 Å². The van der Waals surface area contributed by atoms with Crippen molar-refractivity contribution < 1.29 is 4.74 Å². The first-order valence-corrected chi connectivity index (χ1v) is 9.49. The molecular weight excluding hydrogens is 310 g/mol. The lowest BCUT2D eigenvalue weighted by molar-refractivity contribution is 0.108. The number of likely N-dealkylation sites (N-methyl/N-ethyl adjacent to an activating group) is 1. The topological polar surface area (TPSA) is 19.0 Å². The molecule has 0 amide bonds. The van der Waals surface area contributed by atoms with E-state index < -0.39 is 0 Å². The molecule has 25 heavy (non-hydrogen) atoms. The van der Waals surface area contributed by atoms with Crippen LogP contribution in [0.15, 0.2) is 36.9 Å². The zero-order valence-corrected chi connectivity index (χ0v) is 16.3. The van der Waals surface area contributed by atoms with Gasteiger partial charge in [0.05, 0.1) is 0 Å². The lowest BCUT2D eigenvalue weighted by Crippen LogP contribution is -2.46. The van der Waals surface area contributed by atoms with Gasteiger partial charge in [0.2, 0.25) is 0 Å². The van der Waals surface area contributed by atoms with Crippen LogP contribution in [0.4, 0.5) is 0 Å². The van der Waals surface area contributed by atoms with Crippen LogP contribution >= 0.6 is 0 Å².